The molecule has 0 fully saturated rings. The van der Waals surface area contributed by atoms with Gasteiger partial charge in [0.2, 0.25) is 0 Å². The maximum atomic E-state index is 11.3. The predicted molar refractivity (Wildman–Crippen MR) is 59.8 cm³/mol. The van der Waals surface area contributed by atoms with Crippen molar-refractivity contribution in [1.82, 2.24) is 0 Å². The van der Waals surface area contributed by atoms with E-state index < -0.39 is 28.9 Å². The van der Waals surface area contributed by atoms with Crippen molar-refractivity contribution in [2.45, 2.75) is 52.7 Å². The topological polar surface area (TPSA) is 75.7 Å². The number of carbonyl (C=O) groups excluding carboxylic acids is 2. The SMILES string of the molecule is CC(C)(C)OC(=O)/C=C(/[O-])C(=O)OC(C)(C)C.[K+]. The van der Waals surface area contributed by atoms with Gasteiger partial charge in [-0.05, 0) is 47.3 Å². The van der Waals surface area contributed by atoms with Crippen molar-refractivity contribution in [2.24, 2.45) is 0 Å². The quantitative estimate of drug-likeness (QED) is 0.251. The average molecular weight is 282 g/mol. The van der Waals surface area contributed by atoms with Crippen LogP contribution >= 0.6 is 0 Å². The number of hydrogen-bond donors (Lipinski definition) is 0. The molecule has 5 nitrogen and oxygen atoms in total. The largest absolute Gasteiger partial charge is 1.00 e. The zero-order chi connectivity index (χ0) is 13.9. The summed E-state index contributed by atoms with van der Waals surface area (Å²) < 4.78 is 9.67. The fraction of sp³-hybridized carbons (Fsp3) is 0.667. The van der Waals surface area contributed by atoms with Crippen LogP contribution < -0.4 is 56.5 Å². The summed E-state index contributed by atoms with van der Waals surface area (Å²) in [6, 6.07) is 0. The van der Waals surface area contributed by atoms with E-state index in [1.807, 2.05) is 0 Å². The van der Waals surface area contributed by atoms with Crippen LogP contribution in [0.25, 0.3) is 0 Å². The zero-order valence-electron chi connectivity index (χ0n) is 12.1. The Morgan fingerprint density at radius 3 is 1.67 bits per heavy atom. The molecule has 0 saturated carbocycles. The molecule has 0 atom stereocenters. The molecule has 0 spiro atoms. The summed E-state index contributed by atoms with van der Waals surface area (Å²) in [5.41, 5.74) is -1.48. The van der Waals surface area contributed by atoms with Crippen molar-refractivity contribution in [3.63, 3.8) is 0 Å². The number of esters is 2. The molecule has 0 aromatic carbocycles. The van der Waals surface area contributed by atoms with Crippen LogP contribution in [0.5, 0.6) is 0 Å². The number of rotatable bonds is 2. The average Bonchev–Trinajstić information content (AvgIpc) is 1.95. The Bertz CT molecular complexity index is 333. The normalized spacial score (nSPS) is 12.4. The third kappa shape index (κ3) is 11.2. The van der Waals surface area contributed by atoms with E-state index in [4.69, 9.17) is 9.47 Å². The van der Waals surface area contributed by atoms with Crippen LogP contribution in [0.15, 0.2) is 11.8 Å². The van der Waals surface area contributed by atoms with Gasteiger partial charge < -0.3 is 14.6 Å². The maximum absolute atomic E-state index is 11.3. The zero-order valence-corrected chi connectivity index (χ0v) is 15.2. The molecular weight excluding hydrogens is 263 g/mol. The third-order valence-electron chi connectivity index (χ3n) is 1.26. The van der Waals surface area contributed by atoms with Gasteiger partial charge in [-0.3, -0.25) is 0 Å². The van der Waals surface area contributed by atoms with Gasteiger partial charge in [-0.2, -0.15) is 0 Å². The summed E-state index contributed by atoms with van der Waals surface area (Å²) in [6.07, 6.45) is 0.597. The molecule has 0 radical (unpaired) electrons. The standard InChI is InChI=1S/C12H20O5.K/c1-11(2,3)16-9(14)7-8(13)10(15)17-12(4,5)6;/h7,13H,1-6H3;/q;+1/p-1/b8-7+;. The van der Waals surface area contributed by atoms with Gasteiger partial charge in [0.25, 0.3) is 0 Å². The Hall–Kier alpha value is 0.116. The van der Waals surface area contributed by atoms with Crippen molar-refractivity contribution in [2.75, 3.05) is 0 Å². The maximum Gasteiger partial charge on any atom is 1.00 e. The van der Waals surface area contributed by atoms with Gasteiger partial charge in [0.1, 0.15) is 11.2 Å². The second-order valence-electron chi connectivity index (χ2n) is 5.54. The van der Waals surface area contributed by atoms with Crippen LogP contribution in [0, 0.1) is 0 Å². The Morgan fingerprint density at radius 1 is 0.944 bits per heavy atom. The van der Waals surface area contributed by atoms with E-state index in [0.29, 0.717) is 6.08 Å². The van der Waals surface area contributed by atoms with Crippen LogP contribution in [0.4, 0.5) is 0 Å². The summed E-state index contributed by atoms with van der Waals surface area (Å²) in [4.78, 5) is 22.5. The Balaban J connectivity index is 0. The second-order valence-corrected chi connectivity index (χ2v) is 5.54. The molecule has 0 N–H and O–H groups in total. The van der Waals surface area contributed by atoms with E-state index in [1.54, 1.807) is 41.5 Å². The third-order valence-corrected chi connectivity index (χ3v) is 1.26. The van der Waals surface area contributed by atoms with Crippen LogP contribution in [0.3, 0.4) is 0 Å². The van der Waals surface area contributed by atoms with Crippen LogP contribution in [0.2, 0.25) is 0 Å². The molecular formula is C12H19KO5. The smallest absolute Gasteiger partial charge is 0.867 e. The summed E-state index contributed by atoms with van der Waals surface area (Å²) in [5, 5.41) is 11.3. The molecule has 0 aliphatic rings. The van der Waals surface area contributed by atoms with E-state index in [0.717, 1.165) is 0 Å². The number of ether oxygens (including phenoxy) is 2. The van der Waals surface area contributed by atoms with Gasteiger partial charge in [0.15, 0.2) is 0 Å². The molecule has 18 heavy (non-hydrogen) atoms. The molecule has 0 aromatic heterocycles. The first-order chi connectivity index (χ1) is 7.41. The second kappa shape index (κ2) is 7.64. The van der Waals surface area contributed by atoms with E-state index in [-0.39, 0.29) is 51.4 Å². The van der Waals surface area contributed by atoms with Gasteiger partial charge >= 0.3 is 63.3 Å². The molecule has 0 heterocycles. The molecule has 0 aliphatic carbocycles. The van der Waals surface area contributed by atoms with Crippen molar-refractivity contribution in [3.05, 3.63) is 11.8 Å². The Kier molecular flexibility index (Phi) is 8.68. The van der Waals surface area contributed by atoms with Gasteiger partial charge in [0.05, 0.1) is 0 Å². The summed E-state index contributed by atoms with van der Waals surface area (Å²) in [7, 11) is 0. The fourth-order valence-corrected chi connectivity index (χ4v) is 0.826. The van der Waals surface area contributed by atoms with E-state index >= 15 is 0 Å². The molecule has 0 aliphatic heterocycles. The number of carbonyl (C=O) groups is 2. The minimum absolute atomic E-state index is 0. The fourth-order valence-electron chi connectivity index (χ4n) is 0.826. The summed E-state index contributed by atoms with van der Waals surface area (Å²) >= 11 is 0. The van der Waals surface area contributed by atoms with Gasteiger partial charge in [-0.1, -0.05) is 0 Å². The monoisotopic (exact) mass is 282 g/mol. The molecule has 6 heteroatoms. The molecule has 0 saturated heterocycles. The number of hydrogen-bond acceptors (Lipinski definition) is 5. The van der Waals surface area contributed by atoms with Crippen molar-refractivity contribution >= 4 is 11.9 Å². The molecule has 0 rings (SSSR count). The van der Waals surface area contributed by atoms with E-state index in [2.05, 4.69) is 0 Å². The minimum atomic E-state index is -1.07. The van der Waals surface area contributed by atoms with Gasteiger partial charge in [-0.15, -0.1) is 0 Å². The van der Waals surface area contributed by atoms with Gasteiger partial charge in [0, 0.05) is 6.08 Å². The van der Waals surface area contributed by atoms with Crippen LogP contribution in [-0.4, -0.2) is 23.1 Å². The predicted octanol–water partition coefficient (Wildman–Crippen LogP) is -2.08. The molecule has 0 amide bonds. The van der Waals surface area contributed by atoms with Crippen molar-refractivity contribution in [3.8, 4) is 0 Å². The molecule has 0 aromatic rings. The molecule has 0 bridgehead atoms. The summed E-state index contributed by atoms with van der Waals surface area (Å²) in [6.45, 7) is 9.88. The first-order valence-corrected chi connectivity index (χ1v) is 5.26. The molecule has 0 unspecified atom stereocenters. The first kappa shape index (κ1) is 20.4. The first-order valence-electron chi connectivity index (χ1n) is 5.26. The van der Waals surface area contributed by atoms with Crippen LogP contribution in [-0.2, 0) is 19.1 Å². The summed E-state index contributed by atoms with van der Waals surface area (Å²) in [5.74, 6) is -2.94. The van der Waals surface area contributed by atoms with Crippen molar-refractivity contribution in [1.29, 1.82) is 0 Å². The van der Waals surface area contributed by atoms with E-state index in [9.17, 15) is 14.7 Å². The molecule has 98 valence electrons. The Morgan fingerprint density at radius 2 is 1.33 bits per heavy atom. The minimum Gasteiger partial charge on any atom is -0.867 e. The van der Waals surface area contributed by atoms with Crippen LogP contribution in [0.1, 0.15) is 41.5 Å². The van der Waals surface area contributed by atoms with E-state index in [1.165, 1.54) is 0 Å². The van der Waals surface area contributed by atoms with Crippen molar-refractivity contribution < 1.29 is 75.6 Å². The Labute approximate surface area is 150 Å². The van der Waals surface area contributed by atoms with Gasteiger partial charge in [-0.25, -0.2) is 9.59 Å².